The quantitative estimate of drug-likeness (QED) is 0.275. The highest BCUT2D eigenvalue weighted by Crippen LogP contribution is 2.35. The second-order valence-corrected chi connectivity index (χ2v) is 8.26. The van der Waals surface area contributed by atoms with Crippen molar-refractivity contribution in [2.24, 2.45) is 5.92 Å². The van der Waals surface area contributed by atoms with Gasteiger partial charge in [-0.1, -0.05) is 18.2 Å². The van der Waals surface area contributed by atoms with Crippen molar-refractivity contribution in [1.29, 1.82) is 0 Å². The first kappa shape index (κ1) is 24.2. The molecule has 1 saturated carbocycles. The number of nitrogen functional groups attached to an aromatic ring is 1. The molecule has 1 fully saturated rings. The number of aromatic nitrogens is 2. The minimum Gasteiger partial charge on any atom is -0.462 e. The summed E-state index contributed by atoms with van der Waals surface area (Å²) in [6, 6.07) is 9.92. The van der Waals surface area contributed by atoms with Crippen molar-refractivity contribution in [3.8, 4) is 0 Å². The number of carbonyl (C=O) groups excluding carboxylic acids is 1. The largest absolute Gasteiger partial charge is 0.462 e. The maximum Gasteiger partial charge on any atom is 0.351 e. The highest BCUT2D eigenvalue weighted by Gasteiger charge is 2.38. The van der Waals surface area contributed by atoms with Gasteiger partial charge in [0.15, 0.2) is 5.79 Å². The van der Waals surface area contributed by atoms with Crippen LogP contribution < -0.4 is 11.4 Å². The summed E-state index contributed by atoms with van der Waals surface area (Å²) >= 11 is 6.17. The van der Waals surface area contributed by atoms with Crippen LogP contribution in [0.1, 0.15) is 48.7 Å². The van der Waals surface area contributed by atoms with Gasteiger partial charge in [0.05, 0.1) is 18.3 Å². The monoisotopic (exact) mass is 465 g/mol. The Balaban J connectivity index is 1.75. The van der Waals surface area contributed by atoms with Gasteiger partial charge < -0.3 is 25.4 Å². The van der Waals surface area contributed by atoms with Gasteiger partial charge in [0.2, 0.25) is 0 Å². The van der Waals surface area contributed by atoms with E-state index in [1.165, 1.54) is 12.3 Å². The van der Waals surface area contributed by atoms with E-state index >= 15 is 0 Å². The number of carbonyl (C=O) groups is 1. The first-order chi connectivity index (χ1) is 15.3. The summed E-state index contributed by atoms with van der Waals surface area (Å²) in [5.74, 6) is -2.33. The van der Waals surface area contributed by atoms with Crippen LogP contribution in [0.3, 0.4) is 0 Å². The Morgan fingerprint density at radius 1 is 1.25 bits per heavy atom. The highest BCUT2D eigenvalue weighted by atomic mass is 35.5. The van der Waals surface area contributed by atoms with Crippen LogP contribution in [0.5, 0.6) is 0 Å². The van der Waals surface area contributed by atoms with E-state index in [0.29, 0.717) is 18.4 Å². The molecule has 0 spiro atoms. The molecular weight excluding hydrogens is 438 g/mol. The lowest BCUT2D eigenvalue weighted by molar-refractivity contribution is -0.242. The Hall–Kier alpha value is -2.46. The number of hydrogen-bond acceptors (Lipinski definition) is 8. The summed E-state index contributed by atoms with van der Waals surface area (Å²) in [4.78, 5) is 28.1. The van der Waals surface area contributed by atoms with Crippen LogP contribution in [0.25, 0.3) is 0 Å². The summed E-state index contributed by atoms with van der Waals surface area (Å²) < 4.78 is 12.4. The van der Waals surface area contributed by atoms with Gasteiger partial charge in [-0.25, -0.2) is 9.59 Å². The van der Waals surface area contributed by atoms with Crippen LogP contribution in [0, 0.1) is 5.92 Å². The Bertz CT molecular complexity index is 948. The SMILES string of the molecule is Nc1ccn([C@H](O)C[C@H](OC2(O)CCCC2)[C@@H](CCl)COC(=O)c2ccccc2)c(=O)n1. The van der Waals surface area contributed by atoms with Crippen LogP contribution in [0.4, 0.5) is 5.82 Å². The summed E-state index contributed by atoms with van der Waals surface area (Å²) in [6.07, 6.45) is 1.67. The van der Waals surface area contributed by atoms with Crippen molar-refractivity contribution >= 4 is 23.4 Å². The zero-order chi connectivity index (χ0) is 23.1. The molecule has 0 unspecified atom stereocenters. The second-order valence-electron chi connectivity index (χ2n) is 7.95. The molecule has 1 aliphatic carbocycles. The third kappa shape index (κ3) is 6.29. The van der Waals surface area contributed by atoms with E-state index < -0.39 is 35.7 Å². The van der Waals surface area contributed by atoms with E-state index in [1.807, 2.05) is 0 Å². The van der Waals surface area contributed by atoms with Gasteiger partial charge in [-0.3, -0.25) is 4.57 Å². The average Bonchev–Trinajstić information content (AvgIpc) is 3.20. The maximum atomic E-state index is 12.3. The van der Waals surface area contributed by atoms with E-state index in [-0.39, 0.29) is 24.7 Å². The molecular formula is C22H28ClN3O6. The molecule has 3 atom stereocenters. The molecule has 32 heavy (non-hydrogen) atoms. The molecule has 0 aliphatic heterocycles. The van der Waals surface area contributed by atoms with Crippen molar-refractivity contribution in [3.05, 3.63) is 58.6 Å². The van der Waals surface area contributed by atoms with E-state index in [2.05, 4.69) is 4.98 Å². The van der Waals surface area contributed by atoms with Crippen molar-refractivity contribution in [2.75, 3.05) is 18.2 Å². The molecule has 0 saturated heterocycles. The topological polar surface area (TPSA) is 137 Å². The minimum absolute atomic E-state index is 0.0398. The minimum atomic E-state index is -1.36. The van der Waals surface area contributed by atoms with Gasteiger partial charge in [0.1, 0.15) is 12.0 Å². The Morgan fingerprint density at radius 3 is 2.56 bits per heavy atom. The van der Waals surface area contributed by atoms with Crippen molar-refractivity contribution in [2.45, 2.75) is 50.2 Å². The molecule has 1 aromatic heterocycles. The number of aliphatic hydroxyl groups excluding tert-OH is 1. The zero-order valence-electron chi connectivity index (χ0n) is 17.6. The number of nitrogens with zero attached hydrogens (tertiary/aromatic N) is 2. The Kier molecular flexibility index (Phi) is 8.25. The maximum absolute atomic E-state index is 12.3. The third-order valence-corrected chi connectivity index (χ3v) is 5.93. The molecule has 0 radical (unpaired) electrons. The van der Waals surface area contributed by atoms with Gasteiger partial charge in [0, 0.05) is 37.3 Å². The molecule has 0 bridgehead atoms. The number of benzene rings is 1. The van der Waals surface area contributed by atoms with Crippen molar-refractivity contribution < 1.29 is 24.5 Å². The van der Waals surface area contributed by atoms with Gasteiger partial charge >= 0.3 is 11.7 Å². The van der Waals surface area contributed by atoms with Crippen LogP contribution in [0.15, 0.2) is 47.4 Å². The predicted octanol–water partition coefficient (Wildman–Crippen LogP) is 2.07. The Labute approximate surface area is 190 Å². The van der Waals surface area contributed by atoms with E-state index in [1.54, 1.807) is 30.3 Å². The third-order valence-electron chi connectivity index (χ3n) is 5.53. The number of anilines is 1. The zero-order valence-corrected chi connectivity index (χ0v) is 18.4. The van der Waals surface area contributed by atoms with Gasteiger partial charge in [0.25, 0.3) is 0 Å². The number of halogens is 1. The number of alkyl halides is 1. The van der Waals surface area contributed by atoms with Crippen LogP contribution in [-0.2, 0) is 9.47 Å². The second kappa shape index (κ2) is 10.9. The van der Waals surface area contributed by atoms with E-state index in [0.717, 1.165) is 17.4 Å². The van der Waals surface area contributed by atoms with Gasteiger partial charge in [-0.15, -0.1) is 11.6 Å². The first-order valence-corrected chi connectivity index (χ1v) is 11.1. The molecule has 0 amide bonds. The number of nitrogens with two attached hydrogens (primary N) is 1. The van der Waals surface area contributed by atoms with Crippen molar-refractivity contribution in [3.63, 3.8) is 0 Å². The first-order valence-electron chi connectivity index (χ1n) is 10.5. The van der Waals surface area contributed by atoms with Crippen LogP contribution in [0.2, 0.25) is 0 Å². The Morgan fingerprint density at radius 2 is 1.94 bits per heavy atom. The lowest BCUT2D eigenvalue weighted by Gasteiger charge is -2.34. The molecule has 2 aromatic rings. The summed E-state index contributed by atoms with van der Waals surface area (Å²) in [5, 5.41) is 21.5. The number of aliphatic hydroxyl groups is 2. The fraction of sp³-hybridized carbons (Fsp3) is 0.500. The lowest BCUT2D eigenvalue weighted by atomic mass is 10.0. The summed E-state index contributed by atoms with van der Waals surface area (Å²) in [7, 11) is 0. The van der Waals surface area contributed by atoms with Gasteiger partial charge in [-0.05, 0) is 31.0 Å². The van der Waals surface area contributed by atoms with Crippen LogP contribution in [-0.4, -0.2) is 50.1 Å². The fourth-order valence-corrected chi connectivity index (χ4v) is 4.02. The number of esters is 1. The summed E-state index contributed by atoms with van der Waals surface area (Å²) in [6.45, 7) is -0.0837. The normalized spacial score (nSPS) is 18.1. The number of hydrogen-bond donors (Lipinski definition) is 3. The summed E-state index contributed by atoms with van der Waals surface area (Å²) in [5.41, 5.74) is 5.19. The highest BCUT2D eigenvalue weighted by molar-refractivity contribution is 6.18. The van der Waals surface area contributed by atoms with E-state index in [4.69, 9.17) is 26.8 Å². The molecule has 10 heteroatoms. The average molecular weight is 466 g/mol. The fourth-order valence-electron chi connectivity index (χ4n) is 3.73. The predicted molar refractivity (Wildman–Crippen MR) is 118 cm³/mol. The number of ether oxygens (including phenoxy) is 2. The molecule has 174 valence electrons. The van der Waals surface area contributed by atoms with Gasteiger partial charge in [-0.2, -0.15) is 4.98 Å². The van der Waals surface area contributed by atoms with Crippen molar-refractivity contribution in [1.82, 2.24) is 9.55 Å². The van der Waals surface area contributed by atoms with E-state index in [9.17, 15) is 19.8 Å². The lowest BCUT2D eigenvalue weighted by Crippen LogP contribution is -2.42. The molecule has 1 aliphatic rings. The molecule has 4 N–H and O–H groups in total. The smallest absolute Gasteiger partial charge is 0.351 e. The standard InChI is InChI=1S/C22H28ClN3O6/c23-13-16(14-31-20(28)15-6-2-1-3-7-15)17(32-22(30)9-4-5-10-22)12-19(27)26-11-8-18(24)25-21(26)29/h1-3,6-8,11,16-17,19,27,30H,4-5,9-10,12-14H2,(H2,24,25,29)/t16-,17-,19+/m0/s1. The molecule has 3 rings (SSSR count). The molecule has 1 heterocycles. The molecule has 1 aromatic carbocycles. The van der Waals surface area contributed by atoms with Crippen LogP contribution >= 0.6 is 11.6 Å². The number of rotatable bonds is 10. The molecule has 9 nitrogen and oxygen atoms in total.